The van der Waals surface area contributed by atoms with E-state index >= 15 is 0 Å². The minimum absolute atomic E-state index is 0.0842. The molecule has 0 aliphatic carbocycles. The van der Waals surface area contributed by atoms with Crippen LogP contribution in [0.3, 0.4) is 0 Å². The Hall–Kier alpha value is -1.98. The number of carbonyl (C=O) groups excluding carboxylic acids is 1. The highest BCUT2D eigenvalue weighted by molar-refractivity contribution is 5.94. The highest BCUT2D eigenvalue weighted by Gasteiger charge is 2.14. The molecule has 1 rings (SSSR count). The Morgan fingerprint density at radius 2 is 1.90 bits per heavy atom. The van der Waals surface area contributed by atoms with Crippen LogP contribution >= 0.6 is 0 Å². The van der Waals surface area contributed by atoms with E-state index in [9.17, 15) is 18.4 Å². The van der Waals surface area contributed by atoms with E-state index in [1.165, 1.54) is 13.0 Å². The fourth-order valence-corrected chi connectivity index (χ4v) is 1.87. The molecule has 0 saturated heterocycles. The monoisotopic (exact) mass is 299 g/mol. The van der Waals surface area contributed by atoms with Crippen LogP contribution in [0.1, 0.15) is 42.1 Å². The number of rotatable bonds is 7. The summed E-state index contributed by atoms with van der Waals surface area (Å²) < 4.78 is 26.6. The lowest BCUT2D eigenvalue weighted by Gasteiger charge is -2.11. The molecule has 1 atom stereocenters. The molecule has 4 nitrogen and oxygen atoms in total. The largest absolute Gasteiger partial charge is 0.481 e. The molecule has 0 aromatic heterocycles. The second-order valence-corrected chi connectivity index (χ2v) is 5.16. The molecule has 0 bridgehead atoms. The summed E-state index contributed by atoms with van der Waals surface area (Å²) in [5.74, 6) is -2.89. The van der Waals surface area contributed by atoms with Gasteiger partial charge in [-0.15, -0.1) is 0 Å². The average molecular weight is 299 g/mol. The summed E-state index contributed by atoms with van der Waals surface area (Å²) >= 11 is 0. The summed E-state index contributed by atoms with van der Waals surface area (Å²) in [5.41, 5.74) is 0.0171. The Bertz CT molecular complexity index is 532. The molecule has 21 heavy (non-hydrogen) atoms. The molecule has 0 heterocycles. The van der Waals surface area contributed by atoms with Gasteiger partial charge in [0.2, 0.25) is 0 Å². The van der Waals surface area contributed by atoms with Gasteiger partial charge in [0.1, 0.15) is 11.6 Å². The van der Waals surface area contributed by atoms with Crippen molar-refractivity contribution in [2.24, 2.45) is 5.92 Å². The van der Waals surface area contributed by atoms with Crippen molar-refractivity contribution in [3.8, 4) is 0 Å². The number of amides is 1. The second-order valence-electron chi connectivity index (χ2n) is 5.16. The maximum absolute atomic E-state index is 13.5. The van der Waals surface area contributed by atoms with Crippen molar-refractivity contribution >= 4 is 11.9 Å². The lowest BCUT2D eigenvalue weighted by Crippen LogP contribution is -2.26. The molecule has 6 heteroatoms. The van der Waals surface area contributed by atoms with Crippen LogP contribution in [0.4, 0.5) is 8.78 Å². The van der Waals surface area contributed by atoms with Crippen LogP contribution in [0.2, 0.25) is 0 Å². The molecule has 1 aromatic carbocycles. The van der Waals surface area contributed by atoms with Gasteiger partial charge < -0.3 is 10.4 Å². The number of benzene rings is 1. The first-order valence-corrected chi connectivity index (χ1v) is 6.77. The van der Waals surface area contributed by atoms with Gasteiger partial charge in [0.15, 0.2) is 0 Å². The van der Waals surface area contributed by atoms with Crippen LogP contribution in [-0.2, 0) is 4.79 Å². The van der Waals surface area contributed by atoms with Crippen LogP contribution < -0.4 is 5.32 Å². The van der Waals surface area contributed by atoms with Crippen LogP contribution in [0.25, 0.3) is 0 Å². The average Bonchev–Trinajstić information content (AvgIpc) is 2.40. The van der Waals surface area contributed by atoms with E-state index in [4.69, 9.17) is 5.11 Å². The maximum Gasteiger partial charge on any atom is 0.303 e. The summed E-state index contributed by atoms with van der Waals surface area (Å²) in [4.78, 5) is 22.2. The summed E-state index contributed by atoms with van der Waals surface area (Å²) in [6.45, 7) is 3.66. The SMILES string of the molecule is Cc1cc(C(=O)NCCC(C)CCC(=O)O)c(F)cc1F. The van der Waals surface area contributed by atoms with Crippen LogP contribution in [0.5, 0.6) is 0 Å². The van der Waals surface area contributed by atoms with Crippen LogP contribution in [0, 0.1) is 24.5 Å². The molecule has 1 amide bonds. The smallest absolute Gasteiger partial charge is 0.303 e. The Morgan fingerprint density at radius 1 is 1.24 bits per heavy atom. The number of aryl methyl sites for hydroxylation is 1. The first-order chi connectivity index (χ1) is 9.81. The molecule has 1 unspecified atom stereocenters. The fourth-order valence-electron chi connectivity index (χ4n) is 1.87. The van der Waals surface area contributed by atoms with E-state index in [1.54, 1.807) is 0 Å². The molecule has 116 valence electrons. The van der Waals surface area contributed by atoms with Crippen LogP contribution in [0.15, 0.2) is 12.1 Å². The molecular weight excluding hydrogens is 280 g/mol. The number of aliphatic carboxylic acids is 1. The minimum Gasteiger partial charge on any atom is -0.481 e. The first kappa shape index (κ1) is 17.1. The number of halogens is 2. The van der Waals surface area contributed by atoms with Gasteiger partial charge in [-0.1, -0.05) is 6.92 Å². The Balaban J connectivity index is 2.47. The number of carboxylic acids is 1. The van der Waals surface area contributed by atoms with Crippen molar-refractivity contribution in [1.82, 2.24) is 5.32 Å². The highest BCUT2D eigenvalue weighted by atomic mass is 19.1. The predicted molar refractivity (Wildman–Crippen MR) is 74.1 cm³/mol. The Kier molecular flexibility index (Phi) is 6.27. The summed E-state index contributed by atoms with van der Waals surface area (Å²) in [6.07, 6.45) is 1.21. The Labute approximate surface area is 122 Å². The molecule has 0 fully saturated rings. The number of carbonyl (C=O) groups is 2. The van der Waals surface area contributed by atoms with Gasteiger partial charge in [-0.3, -0.25) is 9.59 Å². The van der Waals surface area contributed by atoms with E-state index in [0.29, 0.717) is 25.5 Å². The fraction of sp³-hybridized carbons (Fsp3) is 0.467. The lowest BCUT2D eigenvalue weighted by molar-refractivity contribution is -0.137. The third-order valence-corrected chi connectivity index (χ3v) is 3.27. The van der Waals surface area contributed by atoms with Gasteiger partial charge in [-0.2, -0.15) is 0 Å². The third-order valence-electron chi connectivity index (χ3n) is 3.27. The van der Waals surface area contributed by atoms with Gasteiger partial charge >= 0.3 is 5.97 Å². The molecule has 0 radical (unpaired) electrons. The summed E-state index contributed by atoms with van der Waals surface area (Å²) in [5, 5.41) is 11.1. The molecular formula is C15H19F2NO3. The zero-order valence-electron chi connectivity index (χ0n) is 12.1. The third kappa shape index (κ3) is 5.49. The molecule has 1 aromatic rings. The van der Waals surface area contributed by atoms with E-state index in [-0.39, 0.29) is 23.5 Å². The van der Waals surface area contributed by atoms with Gasteiger partial charge in [0.25, 0.3) is 5.91 Å². The second kappa shape index (κ2) is 7.71. The number of carboxylic acid groups (broad SMARTS) is 1. The van der Waals surface area contributed by atoms with Crippen molar-refractivity contribution in [3.05, 3.63) is 34.9 Å². The molecule has 0 aliphatic rings. The molecule has 0 spiro atoms. The van der Waals surface area contributed by atoms with E-state index in [2.05, 4.69) is 5.32 Å². The minimum atomic E-state index is -0.894. The van der Waals surface area contributed by atoms with Crippen molar-refractivity contribution in [2.45, 2.75) is 33.1 Å². The maximum atomic E-state index is 13.5. The van der Waals surface area contributed by atoms with E-state index < -0.39 is 23.5 Å². The predicted octanol–water partition coefficient (Wildman–Crippen LogP) is 2.89. The van der Waals surface area contributed by atoms with Crippen molar-refractivity contribution in [2.75, 3.05) is 6.54 Å². The van der Waals surface area contributed by atoms with Crippen LogP contribution in [-0.4, -0.2) is 23.5 Å². The van der Waals surface area contributed by atoms with E-state index in [0.717, 1.165) is 0 Å². The van der Waals surface area contributed by atoms with Crippen molar-refractivity contribution < 1.29 is 23.5 Å². The topological polar surface area (TPSA) is 66.4 Å². The lowest BCUT2D eigenvalue weighted by atomic mass is 10.0. The molecule has 0 aliphatic heterocycles. The highest BCUT2D eigenvalue weighted by Crippen LogP contribution is 2.14. The quantitative estimate of drug-likeness (QED) is 0.813. The Morgan fingerprint density at radius 3 is 2.52 bits per heavy atom. The zero-order chi connectivity index (χ0) is 16.0. The number of nitrogens with one attached hydrogen (secondary N) is 1. The molecule has 2 N–H and O–H groups in total. The van der Waals surface area contributed by atoms with E-state index in [1.807, 2.05) is 6.92 Å². The summed E-state index contributed by atoms with van der Waals surface area (Å²) in [6, 6.07) is 1.87. The molecule has 0 saturated carbocycles. The van der Waals surface area contributed by atoms with Crippen molar-refractivity contribution in [1.29, 1.82) is 0 Å². The number of hydrogen-bond acceptors (Lipinski definition) is 2. The van der Waals surface area contributed by atoms with Gasteiger partial charge in [-0.05, 0) is 37.3 Å². The van der Waals surface area contributed by atoms with Gasteiger partial charge in [-0.25, -0.2) is 8.78 Å². The normalized spacial score (nSPS) is 12.0. The van der Waals surface area contributed by atoms with Gasteiger partial charge in [0.05, 0.1) is 5.56 Å². The van der Waals surface area contributed by atoms with Gasteiger partial charge in [0, 0.05) is 19.0 Å². The van der Waals surface area contributed by atoms with Crippen molar-refractivity contribution in [3.63, 3.8) is 0 Å². The standard InChI is InChI=1S/C15H19F2NO3/c1-9(3-4-14(19)20)5-6-18-15(21)11-7-10(2)12(16)8-13(11)17/h7-9H,3-6H2,1-2H3,(H,18,21)(H,19,20). The number of hydrogen-bond donors (Lipinski definition) is 2. The first-order valence-electron chi connectivity index (χ1n) is 6.77. The zero-order valence-corrected chi connectivity index (χ0v) is 12.1. The summed E-state index contributed by atoms with van der Waals surface area (Å²) in [7, 11) is 0.